The van der Waals surface area contributed by atoms with Gasteiger partial charge in [-0.1, -0.05) is 13.8 Å². The number of rotatable bonds is 4. The van der Waals surface area contributed by atoms with E-state index in [1.54, 1.807) is 6.07 Å². The third-order valence-corrected chi connectivity index (χ3v) is 4.25. The molecule has 0 aliphatic carbocycles. The van der Waals surface area contributed by atoms with Crippen LogP contribution in [0.5, 0.6) is 0 Å². The van der Waals surface area contributed by atoms with Crippen molar-refractivity contribution in [1.82, 2.24) is 9.88 Å². The van der Waals surface area contributed by atoms with Crippen LogP contribution in [0.2, 0.25) is 0 Å². The van der Waals surface area contributed by atoms with Gasteiger partial charge < -0.3 is 15.7 Å². The van der Waals surface area contributed by atoms with E-state index in [2.05, 4.69) is 23.7 Å². The number of pyridine rings is 1. The molecule has 4 atom stereocenters. The number of hydrogen-bond donors (Lipinski definition) is 2. The summed E-state index contributed by atoms with van der Waals surface area (Å²) in [5, 5.41) is 9.92. The van der Waals surface area contributed by atoms with Gasteiger partial charge in [-0.3, -0.25) is 4.98 Å². The van der Waals surface area contributed by atoms with E-state index in [0.717, 1.165) is 19.5 Å². The van der Waals surface area contributed by atoms with E-state index in [1.165, 1.54) is 12.3 Å². The smallest absolute Gasteiger partial charge is 0.141 e. The summed E-state index contributed by atoms with van der Waals surface area (Å²) in [6.45, 7) is 6.67. The van der Waals surface area contributed by atoms with Gasteiger partial charge in [-0.2, -0.15) is 0 Å². The first-order valence-corrected chi connectivity index (χ1v) is 7.25. The standard InChI is InChI=1S/C15H24FN3O/c1-10-5-6-19(9-14(10)20)8-11(2)15(17)13-4-3-12(16)7-18-13/h3-4,7,10-11,14-15,20H,5-6,8-9,17H2,1-2H3. The number of piperidine rings is 1. The van der Waals surface area contributed by atoms with E-state index in [9.17, 15) is 9.50 Å². The van der Waals surface area contributed by atoms with Crippen LogP contribution in [-0.4, -0.2) is 40.7 Å². The van der Waals surface area contributed by atoms with Crippen molar-refractivity contribution in [2.45, 2.75) is 32.4 Å². The number of nitrogens with two attached hydrogens (primary N) is 1. The minimum Gasteiger partial charge on any atom is -0.392 e. The first kappa shape index (κ1) is 15.4. The summed E-state index contributed by atoms with van der Waals surface area (Å²) in [6, 6.07) is 2.82. The van der Waals surface area contributed by atoms with E-state index in [1.807, 2.05) is 0 Å². The van der Waals surface area contributed by atoms with Gasteiger partial charge in [0.25, 0.3) is 0 Å². The normalized spacial score (nSPS) is 27.2. The van der Waals surface area contributed by atoms with Crippen molar-refractivity contribution in [2.24, 2.45) is 17.6 Å². The Balaban J connectivity index is 1.91. The van der Waals surface area contributed by atoms with Crippen molar-refractivity contribution in [1.29, 1.82) is 0 Å². The van der Waals surface area contributed by atoms with E-state index in [0.29, 0.717) is 18.2 Å². The van der Waals surface area contributed by atoms with Crippen LogP contribution in [-0.2, 0) is 0 Å². The van der Waals surface area contributed by atoms with Gasteiger partial charge in [-0.15, -0.1) is 0 Å². The maximum Gasteiger partial charge on any atom is 0.141 e. The molecular weight excluding hydrogens is 257 g/mol. The van der Waals surface area contributed by atoms with Crippen LogP contribution in [0.3, 0.4) is 0 Å². The Morgan fingerprint density at radius 1 is 1.55 bits per heavy atom. The predicted octanol–water partition coefficient (Wildman–Crippen LogP) is 1.56. The van der Waals surface area contributed by atoms with Crippen LogP contribution >= 0.6 is 0 Å². The highest BCUT2D eigenvalue weighted by Crippen LogP contribution is 2.22. The number of aliphatic hydroxyl groups is 1. The van der Waals surface area contributed by atoms with E-state index in [-0.39, 0.29) is 23.9 Å². The molecule has 0 bridgehead atoms. The molecule has 0 spiro atoms. The van der Waals surface area contributed by atoms with E-state index in [4.69, 9.17) is 5.73 Å². The fraction of sp³-hybridized carbons (Fsp3) is 0.667. The molecule has 4 nitrogen and oxygen atoms in total. The number of aliphatic hydroxyl groups excluding tert-OH is 1. The summed E-state index contributed by atoms with van der Waals surface area (Å²) in [4.78, 5) is 6.30. The molecule has 1 aromatic heterocycles. The number of halogens is 1. The molecule has 0 aromatic carbocycles. The highest BCUT2D eigenvalue weighted by Gasteiger charge is 2.26. The summed E-state index contributed by atoms with van der Waals surface area (Å²) in [5.41, 5.74) is 6.91. The fourth-order valence-corrected chi connectivity index (χ4v) is 2.68. The first-order valence-electron chi connectivity index (χ1n) is 7.25. The molecule has 0 radical (unpaired) electrons. The summed E-state index contributed by atoms with van der Waals surface area (Å²) in [7, 11) is 0. The maximum absolute atomic E-state index is 12.9. The number of likely N-dealkylation sites (tertiary alicyclic amines) is 1. The summed E-state index contributed by atoms with van der Waals surface area (Å²) in [5.74, 6) is 0.226. The summed E-state index contributed by atoms with van der Waals surface area (Å²) >= 11 is 0. The van der Waals surface area contributed by atoms with Crippen LogP contribution < -0.4 is 5.73 Å². The Labute approximate surface area is 119 Å². The highest BCUT2D eigenvalue weighted by atomic mass is 19.1. The summed E-state index contributed by atoms with van der Waals surface area (Å²) < 4.78 is 12.9. The lowest BCUT2D eigenvalue weighted by Gasteiger charge is -2.36. The second-order valence-corrected chi connectivity index (χ2v) is 6.00. The Morgan fingerprint density at radius 3 is 2.90 bits per heavy atom. The topological polar surface area (TPSA) is 62.4 Å². The highest BCUT2D eigenvalue weighted by molar-refractivity contribution is 5.10. The van der Waals surface area contributed by atoms with Gasteiger partial charge in [0.2, 0.25) is 0 Å². The van der Waals surface area contributed by atoms with Crippen LogP contribution in [0.1, 0.15) is 32.0 Å². The molecule has 112 valence electrons. The third kappa shape index (κ3) is 3.75. The lowest BCUT2D eigenvalue weighted by molar-refractivity contribution is 0.0223. The molecule has 0 amide bonds. The van der Waals surface area contributed by atoms with Crippen molar-refractivity contribution in [3.05, 3.63) is 29.8 Å². The van der Waals surface area contributed by atoms with Gasteiger partial charge in [0.05, 0.1) is 24.0 Å². The quantitative estimate of drug-likeness (QED) is 0.879. The number of nitrogens with zero attached hydrogens (tertiary/aromatic N) is 2. The predicted molar refractivity (Wildman–Crippen MR) is 76.5 cm³/mol. The van der Waals surface area contributed by atoms with Gasteiger partial charge >= 0.3 is 0 Å². The second-order valence-electron chi connectivity index (χ2n) is 6.00. The Bertz CT molecular complexity index is 426. The molecule has 1 fully saturated rings. The zero-order valence-electron chi connectivity index (χ0n) is 12.2. The molecule has 1 aromatic rings. The molecule has 0 saturated carbocycles. The zero-order chi connectivity index (χ0) is 14.7. The fourth-order valence-electron chi connectivity index (χ4n) is 2.68. The molecule has 2 rings (SSSR count). The average molecular weight is 281 g/mol. The molecule has 20 heavy (non-hydrogen) atoms. The van der Waals surface area contributed by atoms with Gasteiger partial charge in [0, 0.05) is 13.1 Å². The van der Waals surface area contributed by atoms with Crippen LogP contribution in [0.15, 0.2) is 18.3 Å². The second kappa shape index (κ2) is 6.61. The third-order valence-electron chi connectivity index (χ3n) is 4.25. The van der Waals surface area contributed by atoms with Gasteiger partial charge in [0.1, 0.15) is 5.82 Å². The number of aromatic nitrogens is 1. The molecule has 2 heterocycles. The lowest BCUT2D eigenvalue weighted by Crippen LogP contribution is -2.45. The monoisotopic (exact) mass is 281 g/mol. The zero-order valence-corrected chi connectivity index (χ0v) is 12.2. The molecule has 1 aliphatic rings. The van der Waals surface area contributed by atoms with Crippen LogP contribution in [0.25, 0.3) is 0 Å². The number of β-amino-alcohol motifs (C(OH)–C–C–N with tert-alkyl or cyclic N) is 1. The molecular formula is C15H24FN3O. The largest absolute Gasteiger partial charge is 0.392 e. The van der Waals surface area contributed by atoms with Crippen LogP contribution in [0, 0.1) is 17.7 Å². The first-order chi connectivity index (χ1) is 9.47. The Hall–Kier alpha value is -1.04. The minimum absolute atomic E-state index is 0.202. The Kier molecular flexibility index (Phi) is 5.07. The SMILES string of the molecule is CC1CCN(CC(C)C(N)c2ccc(F)cn2)CC1O. The van der Waals surface area contributed by atoms with E-state index < -0.39 is 0 Å². The van der Waals surface area contributed by atoms with Crippen molar-refractivity contribution < 1.29 is 9.50 Å². The van der Waals surface area contributed by atoms with Crippen molar-refractivity contribution in [3.63, 3.8) is 0 Å². The number of hydrogen-bond acceptors (Lipinski definition) is 4. The average Bonchev–Trinajstić information content (AvgIpc) is 2.43. The summed E-state index contributed by atoms with van der Waals surface area (Å²) in [6.07, 6.45) is 1.96. The van der Waals surface area contributed by atoms with Crippen molar-refractivity contribution in [2.75, 3.05) is 19.6 Å². The van der Waals surface area contributed by atoms with Crippen molar-refractivity contribution >= 4 is 0 Å². The lowest BCUT2D eigenvalue weighted by atomic mass is 9.93. The van der Waals surface area contributed by atoms with Gasteiger partial charge in [-0.25, -0.2) is 4.39 Å². The minimum atomic E-state index is -0.346. The maximum atomic E-state index is 12.9. The van der Waals surface area contributed by atoms with Gasteiger partial charge in [0.15, 0.2) is 0 Å². The molecule has 3 N–H and O–H groups in total. The van der Waals surface area contributed by atoms with Crippen molar-refractivity contribution in [3.8, 4) is 0 Å². The molecule has 1 aliphatic heterocycles. The van der Waals surface area contributed by atoms with E-state index >= 15 is 0 Å². The molecule has 4 unspecified atom stereocenters. The molecule has 1 saturated heterocycles. The molecule has 5 heteroatoms. The van der Waals surface area contributed by atoms with Gasteiger partial charge in [-0.05, 0) is 36.9 Å². The van der Waals surface area contributed by atoms with Crippen LogP contribution in [0.4, 0.5) is 4.39 Å². The Morgan fingerprint density at radius 2 is 2.30 bits per heavy atom.